The summed E-state index contributed by atoms with van der Waals surface area (Å²) in [6, 6.07) is 6.40. The standard InChI is InChI=1S/C13H14N2S/c14-12(10-5-7-16-8-10)11-4-3-9-2-1-6-15-13(9)11/h1-2,5-8,11-12H,3-4,14H2. The van der Waals surface area contributed by atoms with Crippen LogP contribution in [-0.2, 0) is 6.42 Å². The zero-order valence-electron chi connectivity index (χ0n) is 8.97. The van der Waals surface area contributed by atoms with E-state index < -0.39 is 0 Å². The highest BCUT2D eigenvalue weighted by Crippen LogP contribution is 2.39. The fourth-order valence-corrected chi connectivity index (χ4v) is 3.20. The van der Waals surface area contributed by atoms with Gasteiger partial charge in [0.15, 0.2) is 0 Å². The lowest BCUT2D eigenvalue weighted by Gasteiger charge is -2.18. The Morgan fingerprint density at radius 2 is 2.38 bits per heavy atom. The highest BCUT2D eigenvalue weighted by molar-refractivity contribution is 7.07. The molecule has 1 aliphatic rings. The molecule has 0 spiro atoms. The van der Waals surface area contributed by atoms with Crippen molar-refractivity contribution in [3.05, 3.63) is 52.0 Å². The molecule has 0 saturated carbocycles. The van der Waals surface area contributed by atoms with E-state index in [1.165, 1.54) is 16.8 Å². The molecule has 0 aliphatic heterocycles. The van der Waals surface area contributed by atoms with Gasteiger partial charge in [-0.25, -0.2) is 0 Å². The number of aryl methyl sites for hydroxylation is 1. The molecule has 2 nitrogen and oxygen atoms in total. The predicted octanol–water partition coefficient (Wildman–Crippen LogP) is 2.87. The third kappa shape index (κ3) is 1.56. The van der Waals surface area contributed by atoms with Gasteiger partial charge in [-0.05, 0) is 46.9 Å². The van der Waals surface area contributed by atoms with Gasteiger partial charge in [-0.2, -0.15) is 11.3 Å². The molecule has 0 radical (unpaired) electrons. The number of hydrogen-bond donors (Lipinski definition) is 1. The number of nitrogens with zero attached hydrogens (tertiary/aromatic N) is 1. The van der Waals surface area contributed by atoms with Crippen LogP contribution in [-0.4, -0.2) is 4.98 Å². The van der Waals surface area contributed by atoms with Gasteiger partial charge in [-0.3, -0.25) is 4.98 Å². The van der Waals surface area contributed by atoms with Gasteiger partial charge in [0.1, 0.15) is 0 Å². The summed E-state index contributed by atoms with van der Waals surface area (Å²) in [4.78, 5) is 4.50. The summed E-state index contributed by atoms with van der Waals surface area (Å²) in [5.74, 6) is 0.394. The summed E-state index contributed by atoms with van der Waals surface area (Å²) in [5.41, 5.74) is 10.2. The van der Waals surface area contributed by atoms with E-state index >= 15 is 0 Å². The minimum Gasteiger partial charge on any atom is -0.323 e. The summed E-state index contributed by atoms with van der Waals surface area (Å²) in [6.07, 6.45) is 4.12. The predicted molar refractivity (Wildman–Crippen MR) is 66.5 cm³/mol. The second-order valence-corrected chi connectivity index (χ2v) is 5.06. The zero-order valence-corrected chi connectivity index (χ0v) is 9.78. The minimum absolute atomic E-state index is 0.0994. The van der Waals surface area contributed by atoms with Crippen LogP contribution in [0.3, 0.4) is 0 Å². The molecular formula is C13H14N2S. The Labute approximate surface area is 99.1 Å². The Kier molecular flexibility index (Phi) is 2.50. The summed E-state index contributed by atoms with van der Waals surface area (Å²) in [6.45, 7) is 0. The minimum atomic E-state index is 0.0994. The van der Waals surface area contributed by atoms with Gasteiger partial charge in [0.25, 0.3) is 0 Å². The third-order valence-electron chi connectivity index (χ3n) is 3.36. The molecule has 3 rings (SSSR count). The van der Waals surface area contributed by atoms with Gasteiger partial charge in [0, 0.05) is 23.9 Å². The zero-order chi connectivity index (χ0) is 11.0. The number of hydrogen-bond acceptors (Lipinski definition) is 3. The largest absolute Gasteiger partial charge is 0.323 e. The van der Waals surface area contributed by atoms with Crippen molar-refractivity contribution in [3.63, 3.8) is 0 Å². The van der Waals surface area contributed by atoms with Crippen molar-refractivity contribution in [1.82, 2.24) is 4.98 Å². The molecule has 2 unspecified atom stereocenters. The summed E-state index contributed by atoms with van der Waals surface area (Å²) < 4.78 is 0. The maximum absolute atomic E-state index is 6.33. The van der Waals surface area contributed by atoms with Gasteiger partial charge in [-0.1, -0.05) is 6.07 Å². The maximum atomic E-state index is 6.33. The Hall–Kier alpha value is -1.19. The molecule has 0 aromatic carbocycles. The first kappa shape index (κ1) is 10.00. The second kappa shape index (κ2) is 4.00. The van der Waals surface area contributed by atoms with Crippen LogP contribution in [0.5, 0.6) is 0 Å². The molecule has 2 N–H and O–H groups in total. The molecule has 16 heavy (non-hydrogen) atoms. The van der Waals surface area contributed by atoms with E-state index in [0.717, 1.165) is 12.8 Å². The van der Waals surface area contributed by atoms with Crippen LogP contribution in [0.2, 0.25) is 0 Å². The molecule has 0 fully saturated rings. The first-order chi connectivity index (χ1) is 7.86. The molecular weight excluding hydrogens is 216 g/mol. The van der Waals surface area contributed by atoms with Crippen LogP contribution in [0.1, 0.15) is 35.2 Å². The first-order valence-corrected chi connectivity index (χ1v) is 6.52. The Morgan fingerprint density at radius 1 is 1.44 bits per heavy atom. The van der Waals surface area contributed by atoms with E-state index in [-0.39, 0.29) is 6.04 Å². The van der Waals surface area contributed by atoms with Crippen molar-refractivity contribution in [2.75, 3.05) is 0 Å². The molecule has 2 aromatic heterocycles. The molecule has 0 saturated heterocycles. The normalized spacial score (nSPS) is 20.7. The average molecular weight is 230 g/mol. The topological polar surface area (TPSA) is 38.9 Å². The third-order valence-corrected chi connectivity index (χ3v) is 4.07. The first-order valence-electron chi connectivity index (χ1n) is 5.58. The quantitative estimate of drug-likeness (QED) is 0.861. The van der Waals surface area contributed by atoms with Gasteiger partial charge in [0.05, 0.1) is 0 Å². The van der Waals surface area contributed by atoms with E-state index in [2.05, 4.69) is 27.9 Å². The number of aromatic nitrogens is 1. The SMILES string of the molecule is NC(c1ccsc1)C1CCc2cccnc21. The van der Waals surface area contributed by atoms with E-state index in [0.29, 0.717) is 5.92 Å². The maximum Gasteiger partial charge on any atom is 0.0485 e. The summed E-state index contributed by atoms with van der Waals surface area (Å²) in [5, 5.41) is 4.23. The van der Waals surface area contributed by atoms with E-state index in [1.54, 1.807) is 11.3 Å². The number of pyridine rings is 1. The van der Waals surface area contributed by atoms with Crippen LogP contribution < -0.4 is 5.73 Å². The van der Waals surface area contributed by atoms with Crippen molar-refractivity contribution in [2.24, 2.45) is 5.73 Å². The lowest BCUT2D eigenvalue weighted by atomic mass is 9.93. The Morgan fingerprint density at radius 3 is 3.19 bits per heavy atom. The number of rotatable bonds is 2. The van der Waals surface area contributed by atoms with Crippen molar-refractivity contribution in [3.8, 4) is 0 Å². The van der Waals surface area contributed by atoms with Crippen LogP contribution in [0.25, 0.3) is 0 Å². The van der Waals surface area contributed by atoms with Crippen LogP contribution >= 0.6 is 11.3 Å². The summed E-state index contributed by atoms with van der Waals surface area (Å²) in [7, 11) is 0. The van der Waals surface area contributed by atoms with Crippen molar-refractivity contribution < 1.29 is 0 Å². The van der Waals surface area contributed by atoms with Gasteiger partial charge in [-0.15, -0.1) is 0 Å². The number of fused-ring (bicyclic) bond motifs is 1. The smallest absolute Gasteiger partial charge is 0.0485 e. The lowest BCUT2D eigenvalue weighted by Crippen LogP contribution is -2.18. The summed E-state index contributed by atoms with van der Waals surface area (Å²) >= 11 is 1.71. The second-order valence-electron chi connectivity index (χ2n) is 4.28. The monoisotopic (exact) mass is 230 g/mol. The Bertz CT molecular complexity index is 478. The number of nitrogens with two attached hydrogens (primary N) is 1. The highest BCUT2D eigenvalue weighted by Gasteiger charge is 2.29. The lowest BCUT2D eigenvalue weighted by molar-refractivity contribution is 0.542. The van der Waals surface area contributed by atoms with E-state index in [9.17, 15) is 0 Å². The van der Waals surface area contributed by atoms with E-state index in [4.69, 9.17) is 5.73 Å². The average Bonchev–Trinajstić information content (AvgIpc) is 2.98. The van der Waals surface area contributed by atoms with Gasteiger partial charge in [0.2, 0.25) is 0 Å². The molecule has 2 heterocycles. The van der Waals surface area contributed by atoms with Crippen molar-refractivity contribution in [2.45, 2.75) is 24.8 Å². The van der Waals surface area contributed by atoms with Crippen molar-refractivity contribution in [1.29, 1.82) is 0 Å². The molecule has 1 aliphatic carbocycles. The van der Waals surface area contributed by atoms with Crippen LogP contribution in [0.4, 0.5) is 0 Å². The van der Waals surface area contributed by atoms with E-state index in [1.807, 2.05) is 12.3 Å². The molecule has 0 bridgehead atoms. The molecule has 0 amide bonds. The molecule has 82 valence electrons. The molecule has 2 aromatic rings. The van der Waals surface area contributed by atoms with Gasteiger partial charge < -0.3 is 5.73 Å². The Balaban J connectivity index is 1.93. The fraction of sp³-hybridized carbons (Fsp3) is 0.308. The van der Waals surface area contributed by atoms with Gasteiger partial charge >= 0.3 is 0 Å². The molecule has 3 heteroatoms. The van der Waals surface area contributed by atoms with Crippen molar-refractivity contribution >= 4 is 11.3 Å². The fourth-order valence-electron chi connectivity index (χ4n) is 2.49. The molecule has 2 atom stereocenters. The number of thiophene rings is 1. The van der Waals surface area contributed by atoms with Crippen LogP contribution in [0.15, 0.2) is 35.2 Å². The van der Waals surface area contributed by atoms with Crippen LogP contribution in [0, 0.1) is 0 Å². The highest BCUT2D eigenvalue weighted by atomic mass is 32.1.